The lowest BCUT2D eigenvalue weighted by Gasteiger charge is -2.05. The van der Waals surface area contributed by atoms with Crippen molar-refractivity contribution in [1.29, 1.82) is 0 Å². The molecule has 16 heavy (non-hydrogen) atoms. The summed E-state index contributed by atoms with van der Waals surface area (Å²) >= 11 is 1.34. The van der Waals surface area contributed by atoms with Gasteiger partial charge in [-0.3, -0.25) is 10.2 Å². The van der Waals surface area contributed by atoms with E-state index in [0.717, 1.165) is 16.2 Å². The summed E-state index contributed by atoms with van der Waals surface area (Å²) < 4.78 is 0. The summed E-state index contributed by atoms with van der Waals surface area (Å²) in [6.45, 7) is 1.78. The number of benzene rings is 1. The molecule has 0 bridgehead atoms. The summed E-state index contributed by atoms with van der Waals surface area (Å²) in [7, 11) is 0. The van der Waals surface area contributed by atoms with Crippen molar-refractivity contribution in [3.63, 3.8) is 0 Å². The van der Waals surface area contributed by atoms with E-state index in [0.29, 0.717) is 0 Å². The van der Waals surface area contributed by atoms with Gasteiger partial charge in [-0.05, 0) is 19.1 Å². The minimum absolute atomic E-state index is 0.217. The molecule has 0 aliphatic rings. The first-order valence-electron chi connectivity index (χ1n) is 4.82. The van der Waals surface area contributed by atoms with Crippen LogP contribution in [-0.2, 0) is 4.79 Å². The van der Waals surface area contributed by atoms with Crippen LogP contribution < -0.4 is 11.3 Å². The lowest BCUT2D eigenvalue weighted by Crippen LogP contribution is -2.36. The summed E-state index contributed by atoms with van der Waals surface area (Å²) in [5.74, 6) is 4.84. The van der Waals surface area contributed by atoms with Crippen molar-refractivity contribution in [3.8, 4) is 0 Å². The van der Waals surface area contributed by atoms with Gasteiger partial charge in [0.05, 0.1) is 16.3 Å². The minimum Gasteiger partial charge on any atom is -0.333 e. The van der Waals surface area contributed by atoms with E-state index in [2.05, 4.69) is 15.4 Å². The summed E-state index contributed by atoms with van der Waals surface area (Å²) in [4.78, 5) is 18.7. The van der Waals surface area contributed by atoms with Crippen molar-refractivity contribution in [2.24, 2.45) is 5.84 Å². The number of amides is 1. The molecule has 4 N–H and O–H groups in total. The number of nitrogens with zero attached hydrogens (tertiary/aromatic N) is 1. The van der Waals surface area contributed by atoms with Crippen molar-refractivity contribution in [2.75, 3.05) is 0 Å². The fraction of sp³-hybridized carbons (Fsp3) is 0.200. The number of rotatable bonds is 3. The smallest absolute Gasteiger partial charge is 0.247 e. The third-order valence-electron chi connectivity index (χ3n) is 2.17. The Balaban J connectivity index is 2.18. The number of para-hydroxylation sites is 2. The van der Waals surface area contributed by atoms with Crippen LogP contribution in [0, 0.1) is 0 Å². The largest absolute Gasteiger partial charge is 0.333 e. The van der Waals surface area contributed by atoms with E-state index in [9.17, 15) is 4.79 Å². The Labute approximate surface area is 96.8 Å². The molecule has 0 fully saturated rings. The molecule has 0 aliphatic heterocycles. The molecule has 1 heterocycles. The highest BCUT2D eigenvalue weighted by atomic mass is 32.2. The Morgan fingerprint density at radius 3 is 3.00 bits per heavy atom. The molecule has 1 atom stereocenters. The fourth-order valence-corrected chi connectivity index (χ4v) is 2.15. The second-order valence-corrected chi connectivity index (χ2v) is 4.66. The molecule has 84 valence electrons. The molecule has 0 saturated heterocycles. The molecule has 5 nitrogen and oxygen atoms in total. The Morgan fingerprint density at radius 1 is 1.56 bits per heavy atom. The van der Waals surface area contributed by atoms with Gasteiger partial charge < -0.3 is 4.98 Å². The predicted octanol–water partition coefficient (Wildman–Crippen LogP) is 1.03. The van der Waals surface area contributed by atoms with Gasteiger partial charge in [0.1, 0.15) is 0 Å². The van der Waals surface area contributed by atoms with Crippen LogP contribution in [0.3, 0.4) is 0 Å². The van der Waals surface area contributed by atoms with Gasteiger partial charge in [0.2, 0.25) is 5.91 Å². The van der Waals surface area contributed by atoms with Gasteiger partial charge in [-0.25, -0.2) is 10.8 Å². The Bertz CT molecular complexity index is 477. The van der Waals surface area contributed by atoms with E-state index >= 15 is 0 Å². The normalized spacial score (nSPS) is 12.6. The molecular formula is C10H12N4OS. The molecule has 6 heteroatoms. The van der Waals surface area contributed by atoms with Crippen molar-refractivity contribution < 1.29 is 4.79 Å². The molecule has 1 amide bonds. The van der Waals surface area contributed by atoms with E-state index in [4.69, 9.17) is 5.84 Å². The number of aromatic nitrogens is 2. The summed E-state index contributed by atoms with van der Waals surface area (Å²) in [5.41, 5.74) is 3.97. The molecule has 1 aromatic heterocycles. The average molecular weight is 236 g/mol. The number of imidazole rings is 1. The van der Waals surface area contributed by atoms with Crippen LogP contribution in [0.1, 0.15) is 6.92 Å². The van der Waals surface area contributed by atoms with E-state index in [-0.39, 0.29) is 11.2 Å². The second-order valence-electron chi connectivity index (χ2n) is 3.33. The van der Waals surface area contributed by atoms with Crippen molar-refractivity contribution in [1.82, 2.24) is 15.4 Å². The molecule has 1 aromatic carbocycles. The van der Waals surface area contributed by atoms with Crippen LogP contribution in [0.25, 0.3) is 11.0 Å². The number of aromatic amines is 1. The number of hydrogen-bond acceptors (Lipinski definition) is 4. The Hall–Kier alpha value is -1.53. The predicted molar refractivity (Wildman–Crippen MR) is 63.7 cm³/mol. The first-order valence-corrected chi connectivity index (χ1v) is 5.70. The number of nitrogens with one attached hydrogen (secondary N) is 2. The van der Waals surface area contributed by atoms with Crippen molar-refractivity contribution in [3.05, 3.63) is 24.3 Å². The SMILES string of the molecule is CC(Sc1nc2ccccc2[nH]1)C(=O)NN. The zero-order valence-corrected chi connectivity index (χ0v) is 9.54. The third kappa shape index (κ3) is 2.17. The van der Waals surface area contributed by atoms with Gasteiger partial charge in [0.25, 0.3) is 0 Å². The van der Waals surface area contributed by atoms with Crippen molar-refractivity contribution >= 4 is 28.7 Å². The molecular weight excluding hydrogens is 224 g/mol. The number of H-pyrrole nitrogens is 1. The second kappa shape index (κ2) is 4.54. The standard InChI is InChI=1S/C10H12N4OS/c1-6(9(15)14-11)16-10-12-7-4-2-3-5-8(7)13-10/h2-6H,11H2,1H3,(H,12,13)(H,14,15). The number of thioether (sulfide) groups is 1. The van der Waals surface area contributed by atoms with Crippen LogP contribution in [0.2, 0.25) is 0 Å². The summed E-state index contributed by atoms with van der Waals surface area (Å²) in [5, 5.41) is 0.447. The summed E-state index contributed by atoms with van der Waals surface area (Å²) in [6, 6.07) is 7.72. The molecule has 2 aromatic rings. The first kappa shape index (κ1) is 11.0. The van der Waals surface area contributed by atoms with Crippen molar-refractivity contribution in [2.45, 2.75) is 17.3 Å². The molecule has 2 rings (SSSR count). The van der Waals surface area contributed by atoms with Crippen LogP contribution in [0.5, 0.6) is 0 Å². The zero-order chi connectivity index (χ0) is 11.5. The van der Waals surface area contributed by atoms with E-state index in [1.165, 1.54) is 11.8 Å². The van der Waals surface area contributed by atoms with Gasteiger partial charge in [-0.1, -0.05) is 23.9 Å². The summed E-state index contributed by atoms with van der Waals surface area (Å²) in [6.07, 6.45) is 0. The van der Waals surface area contributed by atoms with Gasteiger partial charge in [-0.15, -0.1) is 0 Å². The van der Waals surface area contributed by atoms with Crippen LogP contribution >= 0.6 is 11.8 Å². The number of carbonyl (C=O) groups is 1. The number of hydrogen-bond donors (Lipinski definition) is 3. The lowest BCUT2D eigenvalue weighted by molar-refractivity contribution is -0.120. The maximum Gasteiger partial charge on any atom is 0.247 e. The fourth-order valence-electron chi connectivity index (χ4n) is 1.32. The number of nitrogens with two attached hydrogens (primary N) is 1. The van der Waals surface area contributed by atoms with Gasteiger partial charge >= 0.3 is 0 Å². The molecule has 0 saturated carbocycles. The first-order chi connectivity index (χ1) is 7.70. The maximum absolute atomic E-state index is 11.2. The Morgan fingerprint density at radius 2 is 2.31 bits per heavy atom. The number of carbonyl (C=O) groups excluding carboxylic acids is 1. The van der Waals surface area contributed by atoms with Crippen LogP contribution in [0.15, 0.2) is 29.4 Å². The lowest BCUT2D eigenvalue weighted by atomic mass is 10.3. The monoisotopic (exact) mass is 236 g/mol. The molecule has 0 spiro atoms. The van der Waals surface area contributed by atoms with E-state index in [1.54, 1.807) is 6.92 Å². The van der Waals surface area contributed by atoms with Crippen LogP contribution in [0.4, 0.5) is 0 Å². The number of fused-ring (bicyclic) bond motifs is 1. The topological polar surface area (TPSA) is 83.8 Å². The van der Waals surface area contributed by atoms with Gasteiger partial charge in [-0.2, -0.15) is 0 Å². The highest BCUT2D eigenvalue weighted by Gasteiger charge is 2.14. The van der Waals surface area contributed by atoms with E-state index in [1.807, 2.05) is 24.3 Å². The minimum atomic E-state index is -0.273. The van der Waals surface area contributed by atoms with E-state index < -0.39 is 0 Å². The highest BCUT2D eigenvalue weighted by Crippen LogP contribution is 2.22. The van der Waals surface area contributed by atoms with Gasteiger partial charge in [0, 0.05) is 0 Å². The third-order valence-corrected chi connectivity index (χ3v) is 3.15. The average Bonchev–Trinajstić information content (AvgIpc) is 2.69. The zero-order valence-electron chi connectivity index (χ0n) is 8.73. The maximum atomic E-state index is 11.2. The van der Waals surface area contributed by atoms with Crippen LogP contribution in [-0.4, -0.2) is 21.1 Å². The quantitative estimate of drug-likeness (QED) is 0.322. The molecule has 0 aliphatic carbocycles. The molecule has 1 unspecified atom stereocenters. The van der Waals surface area contributed by atoms with Gasteiger partial charge in [0.15, 0.2) is 5.16 Å². The number of hydrazine groups is 1. The molecule has 0 radical (unpaired) electrons. The highest BCUT2D eigenvalue weighted by molar-refractivity contribution is 8.00. The Kier molecular flexibility index (Phi) is 3.12.